The number of hydrogen-bond acceptors (Lipinski definition) is 3. The molecule has 92 valence electrons. The minimum absolute atomic E-state index is 0.0172. The molecule has 1 N–H and O–H groups in total. The molecule has 0 bridgehead atoms. The Bertz CT molecular complexity index is 259. The highest BCUT2D eigenvalue weighted by molar-refractivity contribution is 4.92. The first-order chi connectivity index (χ1) is 7.47. The number of nitriles is 1. The van der Waals surface area contributed by atoms with Crippen LogP contribution in [0.5, 0.6) is 0 Å². The number of halogens is 3. The normalized spacial score (nSPS) is 25.1. The van der Waals surface area contributed by atoms with E-state index in [1.165, 1.54) is 0 Å². The highest BCUT2D eigenvalue weighted by Crippen LogP contribution is 2.32. The average Bonchev–Trinajstić information content (AvgIpc) is 2.25. The van der Waals surface area contributed by atoms with Crippen molar-refractivity contribution in [1.29, 1.82) is 5.26 Å². The van der Waals surface area contributed by atoms with E-state index >= 15 is 0 Å². The third-order valence-corrected chi connectivity index (χ3v) is 2.91. The lowest BCUT2D eigenvalue weighted by molar-refractivity contribution is -0.186. The maximum absolute atomic E-state index is 12.5. The fourth-order valence-electron chi connectivity index (χ4n) is 1.94. The Balaban J connectivity index is 2.48. The van der Waals surface area contributed by atoms with Crippen molar-refractivity contribution < 1.29 is 13.2 Å². The molecule has 1 aliphatic heterocycles. The summed E-state index contributed by atoms with van der Waals surface area (Å²) in [5.41, 5.74) is 0. The molecule has 1 fully saturated rings. The molecule has 2 atom stereocenters. The van der Waals surface area contributed by atoms with E-state index in [2.05, 4.69) is 5.32 Å². The molecule has 6 heteroatoms. The molecule has 2 unspecified atom stereocenters. The lowest BCUT2D eigenvalue weighted by Crippen LogP contribution is -2.46. The largest absolute Gasteiger partial charge is 0.393 e. The van der Waals surface area contributed by atoms with E-state index in [0.717, 1.165) is 0 Å². The molecular formula is C10H16F3N3. The summed E-state index contributed by atoms with van der Waals surface area (Å²) in [5.74, 6) is -1.24. The number of nitrogens with zero attached hydrogens (tertiary/aromatic N) is 2. The summed E-state index contributed by atoms with van der Waals surface area (Å²) in [7, 11) is 1.64. The predicted molar refractivity (Wildman–Crippen MR) is 53.7 cm³/mol. The SMILES string of the molecule is CNC(C#N)CN1CCCC(C(F)(F)F)C1. The predicted octanol–water partition coefficient (Wildman–Crippen LogP) is 1.37. The summed E-state index contributed by atoms with van der Waals surface area (Å²) in [6.07, 6.45) is -3.36. The summed E-state index contributed by atoms with van der Waals surface area (Å²) in [6.45, 7) is 1.02. The zero-order valence-electron chi connectivity index (χ0n) is 9.22. The Labute approximate surface area is 93.2 Å². The summed E-state index contributed by atoms with van der Waals surface area (Å²) in [5, 5.41) is 11.5. The van der Waals surface area contributed by atoms with Crippen LogP contribution in [0.15, 0.2) is 0 Å². The van der Waals surface area contributed by atoms with Gasteiger partial charge in [-0.3, -0.25) is 0 Å². The molecule has 0 saturated carbocycles. The lowest BCUT2D eigenvalue weighted by Gasteiger charge is -2.34. The summed E-state index contributed by atoms with van der Waals surface area (Å²) in [4.78, 5) is 1.71. The van der Waals surface area contributed by atoms with E-state index in [-0.39, 0.29) is 13.0 Å². The van der Waals surface area contributed by atoms with Gasteiger partial charge in [0.25, 0.3) is 0 Å². The van der Waals surface area contributed by atoms with Crippen molar-refractivity contribution in [3.05, 3.63) is 0 Å². The molecule has 16 heavy (non-hydrogen) atoms. The van der Waals surface area contributed by atoms with Crippen LogP contribution in [-0.2, 0) is 0 Å². The average molecular weight is 235 g/mol. The van der Waals surface area contributed by atoms with Gasteiger partial charge < -0.3 is 10.2 Å². The topological polar surface area (TPSA) is 39.1 Å². The first-order valence-corrected chi connectivity index (χ1v) is 5.33. The minimum Gasteiger partial charge on any atom is -0.304 e. The third kappa shape index (κ3) is 3.65. The van der Waals surface area contributed by atoms with Gasteiger partial charge >= 0.3 is 6.18 Å². The monoisotopic (exact) mass is 235 g/mol. The fraction of sp³-hybridized carbons (Fsp3) is 0.900. The summed E-state index contributed by atoms with van der Waals surface area (Å²) < 4.78 is 37.5. The van der Waals surface area contributed by atoms with Crippen molar-refractivity contribution in [2.45, 2.75) is 25.1 Å². The molecule has 0 radical (unpaired) electrons. The van der Waals surface area contributed by atoms with E-state index < -0.39 is 18.1 Å². The Kier molecular flexibility index (Phi) is 4.56. The van der Waals surface area contributed by atoms with E-state index in [9.17, 15) is 13.2 Å². The van der Waals surface area contributed by atoms with Crippen molar-refractivity contribution in [2.75, 3.05) is 26.7 Å². The van der Waals surface area contributed by atoms with E-state index in [1.54, 1.807) is 11.9 Å². The molecule has 0 aromatic carbocycles. The quantitative estimate of drug-likeness (QED) is 0.803. The minimum atomic E-state index is -4.11. The van der Waals surface area contributed by atoms with Gasteiger partial charge in [-0.15, -0.1) is 0 Å². The second-order valence-electron chi connectivity index (χ2n) is 4.11. The third-order valence-electron chi connectivity index (χ3n) is 2.91. The van der Waals surface area contributed by atoms with Crippen molar-refractivity contribution in [1.82, 2.24) is 10.2 Å². The van der Waals surface area contributed by atoms with Crippen LogP contribution in [-0.4, -0.2) is 43.8 Å². The Morgan fingerprint density at radius 3 is 2.75 bits per heavy atom. The summed E-state index contributed by atoms with van der Waals surface area (Å²) in [6, 6.07) is 1.62. The van der Waals surface area contributed by atoms with Gasteiger partial charge in [0.1, 0.15) is 6.04 Å². The number of alkyl halides is 3. The Hall–Kier alpha value is -0.800. The highest BCUT2D eigenvalue weighted by atomic mass is 19.4. The van der Waals surface area contributed by atoms with Crippen molar-refractivity contribution in [2.24, 2.45) is 5.92 Å². The van der Waals surface area contributed by atoms with Gasteiger partial charge in [0.2, 0.25) is 0 Å². The number of rotatable bonds is 3. The maximum atomic E-state index is 12.5. The highest BCUT2D eigenvalue weighted by Gasteiger charge is 2.41. The molecule has 0 aromatic heterocycles. The van der Waals surface area contributed by atoms with Gasteiger partial charge in [-0.05, 0) is 26.4 Å². The number of hydrogen-bond donors (Lipinski definition) is 1. The first kappa shape index (κ1) is 13.3. The number of piperidine rings is 1. The van der Waals surface area contributed by atoms with E-state index in [0.29, 0.717) is 19.5 Å². The van der Waals surface area contributed by atoms with Crippen molar-refractivity contribution in [3.8, 4) is 6.07 Å². The van der Waals surface area contributed by atoms with Crippen LogP contribution in [0.2, 0.25) is 0 Å². The van der Waals surface area contributed by atoms with Crippen LogP contribution in [0, 0.1) is 17.2 Å². The van der Waals surface area contributed by atoms with Gasteiger partial charge in [0, 0.05) is 13.1 Å². The first-order valence-electron chi connectivity index (χ1n) is 5.33. The molecule has 0 aliphatic carbocycles. The molecule has 1 heterocycles. The van der Waals surface area contributed by atoms with Crippen LogP contribution in [0.4, 0.5) is 13.2 Å². The molecule has 0 amide bonds. The molecule has 3 nitrogen and oxygen atoms in total. The van der Waals surface area contributed by atoms with Crippen LogP contribution in [0.1, 0.15) is 12.8 Å². The molecular weight excluding hydrogens is 219 g/mol. The van der Waals surface area contributed by atoms with Crippen LogP contribution in [0.25, 0.3) is 0 Å². The number of likely N-dealkylation sites (tertiary alicyclic amines) is 1. The van der Waals surface area contributed by atoms with Crippen LogP contribution in [0.3, 0.4) is 0 Å². The lowest BCUT2D eigenvalue weighted by atomic mass is 9.97. The van der Waals surface area contributed by atoms with Crippen molar-refractivity contribution >= 4 is 0 Å². The Morgan fingerprint density at radius 2 is 2.25 bits per heavy atom. The Morgan fingerprint density at radius 1 is 1.56 bits per heavy atom. The van der Waals surface area contributed by atoms with Crippen LogP contribution < -0.4 is 5.32 Å². The smallest absolute Gasteiger partial charge is 0.304 e. The maximum Gasteiger partial charge on any atom is 0.393 e. The summed E-state index contributed by atoms with van der Waals surface area (Å²) >= 11 is 0. The zero-order chi connectivity index (χ0) is 12.2. The second kappa shape index (κ2) is 5.51. The van der Waals surface area contributed by atoms with Gasteiger partial charge in [0.15, 0.2) is 0 Å². The molecule has 1 aliphatic rings. The molecule has 1 rings (SSSR count). The number of likely N-dealkylation sites (N-methyl/N-ethyl adjacent to an activating group) is 1. The standard InChI is InChI=1S/C10H16F3N3/c1-15-9(5-14)7-16-4-2-3-8(6-16)10(11,12)13/h8-9,15H,2-4,6-7H2,1H3. The van der Waals surface area contributed by atoms with E-state index in [4.69, 9.17) is 5.26 Å². The van der Waals surface area contributed by atoms with Crippen LogP contribution >= 0.6 is 0 Å². The van der Waals surface area contributed by atoms with Gasteiger partial charge in [-0.25, -0.2) is 0 Å². The van der Waals surface area contributed by atoms with Gasteiger partial charge in [0.05, 0.1) is 12.0 Å². The van der Waals surface area contributed by atoms with Crippen molar-refractivity contribution in [3.63, 3.8) is 0 Å². The molecule has 0 spiro atoms. The van der Waals surface area contributed by atoms with Gasteiger partial charge in [-0.1, -0.05) is 0 Å². The molecule has 1 saturated heterocycles. The zero-order valence-corrected chi connectivity index (χ0v) is 9.22. The fourth-order valence-corrected chi connectivity index (χ4v) is 1.94. The second-order valence-corrected chi connectivity index (χ2v) is 4.11. The molecule has 0 aromatic rings. The van der Waals surface area contributed by atoms with Gasteiger partial charge in [-0.2, -0.15) is 18.4 Å². The number of nitrogens with one attached hydrogen (secondary N) is 1. The van der Waals surface area contributed by atoms with E-state index in [1.807, 2.05) is 6.07 Å².